The second-order valence-corrected chi connectivity index (χ2v) is 12.9. The fourth-order valence-corrected chi connectivity index (χ4v) is 9.67. The van der Waals surface area contributed by atoms with Crippen LogP contribution in [0.5, 0.6) is 0 Å². The van der Waals surface area contributed by atoms with E-state index in [2.05, 4.69) is 23.8 Å². The molecular formula is C30H41FN2O2. The summed E-state index contributed by atoms with van der Waals surface area (Å²) in [6.07, 6.45) is 14.2. The van der Waals surface area contributed by atoms with Gasteiger partial charge in [0.05, 0.1) is 11.6 Å². The number of aromatic amines is 1. The van der Waals surface area contributed by atoms with Crippen molar-refractivity contribution in [1.82, 2.24) is 9.97 Å². The molecule has 4 fully saturated rings. The third-order valence-electron chi connectivity index (χ3n) is 11.5. The molecule has 0 aliphatic heterocycles. The monoisotopic (exact) mass is 480 g/mol. The second-order valence-electron chi connectivity index (χ2n) is 12.9. The Bertz CT molecular complexity index is 1160. The first-order valence-corrected chi connectivity index (χ1v) is 14.2. The van der Waals surface area contributed by atoms with Crippen molar-refractivity contribution in [2.75, 3.05) is 0 Å². The molecule has 8 unspecified atom stereocenters. The molecule has 1 aromatic heterocycles. The summed E-state index contributed by atoms with van der Waals surface area (Å²) < 4.78 is 14.0. The van der Waals surface area contributed by atoms with E-state index in [0.717, 1.165) is 25.2 Å². The van der Waals surface area contributed by atoms with Crippen molar-refractivity contribution < 1.29 is 9.50 Å². The van der Waals surface area contributed by atoms with E-state index in [1.807, 2.05) is 0 Å². The van der Waals surface area contributed by atoms with Gasteiger partial charge in [0.15, 0.2) is 0 Å². The van der Waals surface area contributed by atoms with Gasteiger partial charge in [0, 0.05) is 6.42 Å². The van der Waals surface area contributed by atoms with E-state index in [9.17, 15) is 14.3 Å². The molecule has 0 bridgehead atoms. The maximum atomic E-state index is 14.0. The van der Waals surface area contributed by atoms with Crippen LogP contribution in [0.15, 0.2) is 23.0 Å². The zero-order chi connectivity index (χ0) is 24.4. The van der Waals surface area contributed by atoms with Crippen LogP contribution in [0.1, 0.15) is 90.3 Å². The van der Waals surface area contributed by atoms with Crippen LogP contribution in [0.4, 0.5) is 4.39 Å². The second kappa shape index (κ2) is 8.68. The van der Waals surface area contributed by atoms with Crippen LogP contribution in [-0.4, -0.2) is 21.2 Å². The number of nitrogens with zero attached hydrogens (tertiary/aromatic N) is 1. The SMILES string of the molecule is CC12CCC3C(C(O)CC4CCCCC43C)C1CCC2CCCc1nc2cccc(F)c2c(=O)[nH]1. The topological polar surface area (TPSA) is 66.0 Å². The highest BCUT2D eigenvalue weighted by Crippen LogP contribution is 2.67. The number of nitrogens with one attached hydrogen (secondary N) is 1. The number of halogens is 1. The number of aliphatic hydroxyl groups excluding tert-OH is 1. The maximum Gasteiger partial charge on any atom is 0.261 e. The average Bonchev–Trinajstić information content (AvgIpc) is 3.15. The van der Waals surface area contributed by atoms with E-state index in [-0.39, 0.29) is 17.0 Å². The Morgan fingerprint density at radius 3 is 2.77 bits per heavy atom. The van der Waals surface area contributed by atoms with Crippen molar-refractivity contribution in [2.24, 2.45) is 40.4 Å². The summed E-state index contributed by atoms with van der Waals surface area (Å²) in [7, 11) is 0. The summed E-state index contributed by atoms with van der Waals surface area (Å²) in [6.45, 7) is 5.09. The van der Waals surface area contributed by atoms with Gasteiger partial charge in [-0.2, -0.15) is 0 Å². The van der Waals surface area contributed by atoms with Crippen molar-refractivity contribution in [3.63, 3.8) is 0 Å². The quantitative estimate of drug-likeness (QED) is 0.532. The molecule has 1 aromatic carbocycles. The fraction of sp³-hybridized carbons (Fsp3) is 0.733. The third kappa shape index (κ3) is 3.70. The number of fused-ring (bicyclic) bond motifs is 6. The highest BCUT2D eigenvalue weighted by atomic mass is 19.1. The number of aryl methyl sites for hydroxylation is 1. The molecule has 0 saturated heterocycles. The van der Waals surface area contributed by atoms with Crippen molar-refractivity contribution >= 4 is 10.9 Å². The zero-order valence-corrected chi connectivity index (χ0v) is 21.4. The molecule has 4 aliphatic carbocycles. The van der Waals surface area contributed by atoms with E-state index in [1.165, 1.54) is 57.4 Å². The van der Waals surface area contributed by atoms with Gasteiger partial charge in [0.25, 0.3) is 5.56 Å². The van der Waals surface area contributed by atoms with Crippen molar-refractivity contribution in [3.8, 4) is 0 Å². The van der Waals surface area contributed by atoms with Crippen LogP contribution >= 0.6 is 0 Å². The van der Waals surface area contributed by atoms with Crippen LogP contribution in [-0.2, 0) is 6.42 Å². The van der Waals surface area contributed by atoms with E-state index in [4.69, 9.17) is 0 Å². The normalized spacial score (nSPS) is 40.8. The Balaban J connectivity index is 1.15. The minimum absolute atomic E-state index is 0.0547. The smallest absolute Gasteiger partial charge is 0.261 e. The Kier molecular flexibility index (Phi) is 5.86. The van der Waals surface area contributed by atoms with E-state index < -0.39 is 5.82 Å². The van der Waals surface area contributed by atoms with Gasteiger partial charge in [-0.3, -0.25) is 4.79 Å². The van der Waals surface area contributed by atoms with Gasteiger partial charge in [-0.1, -0.05) is 32.8 Å². The molecule has 8 atom stereocenters. The van der Waals surface area contributed by atoms with Crippen LogP contribution in [0.25, 0.3) is 10.9 Å². The molecule has 5 heteroatoms. The Hall–Kier alpha value is -1.75. The lowest BCUT2D eigenvalue weighted by Gasteiger charge is -2.62. The van der Waals surface area contributed by atoms with E-state index in [1.54, 1.807) is 12.1 Å². The number of aliphatic hydroxyl groups is 1. The first-order valence-electron chi connectivity index (χ1n) is 14.2. The predicted molar refractivity (Wildman–Crippen MR) is 136 cm³/mol. The zero-order valence-electron chi connectivity index (χ0n) is 21.4. The predicted octanol–water partition coefficient (Wildman–Crippen LogP) is 6.40. The van der Waals surface area contributed by atoms with Crippen LogP contribution in [0, 0.1) is 46.2 Å². The van der Waals surface area contributed by atoms with Crippen LogP contribution < -0.4 is 5.56 Å². The lowest BCUT2D eigenvalue weighted by atomic mass is 9.44. The molecule has 0 amide bonds. The number of rotatable bonds is 4. The average molecular weight is 481 g/mol. The Morgan fingerprint density at radius 2 is 1.91 bits per heavy atom. The molecular weight excluding hydrogens is 439 g/mol. The number of H-pyrrole nitrogens is 1. The molecule has 0 spiro atoms. The molecule has 6 rings (SSSR count). The fourth-order valence-electron chi connectivity index (χ4n) is 9.67. The Labute approximate surface area is 208 Å². The maximum absolute atomic E-state index is 14.0. The first-order chi connectivity index (χ1) is 16.8. The number of hydrogen-bond acceptors (Lipinski definition) is 3. The molecule has 190 valence electrons. The summed E-state index contributed by atoms with van der Waals surface area (Å²) >= 11 is 0. The van der Waals surface area contributed by atoms with Gasteiger partial charge in [0.1, 0.15) is 17.0 Å². The number of hydrogen-bond donors (Lipinski definition) is 2. The molecule has 4 saturated carbocycles. The molecule has 4 nitrogen and oxygen atoms in total. The minimum Gasteiger partial charge on any atom is -0.393 e. The molecule has 0 radical (unpaired) electrons. The van der Waals surface area contributed by atoms with Gasteiger partial charge in [-0.25, -0.2) is 9.37 Å². The summed E-state index contributed by atoms with van der Waals surface area (Å²) in [4.78, 5) is 19.8. The summed E-state index contributed by atoms with van der Waals surface area (Å²) in [6, 6.07) is 4.63. The highest BCUT2D eigenvalue weighted by Gasteiger charge is 2.61. The Morgan fingerprint density at radius 1 is 1.09 bits per heavy atom. The van der Waals surface area contributed by atoms with Gasteiger partial charge < -0.3 is 10.1 Å². The summed E-state index contributed by atoms with van der Waals surface area (Å²) in [5.74, 6) is 3.35. The van der Waals surface area contributed by atoms with Gasteiger partial charge in [-0.05, 0) is 110 Å². The minimum atomic E-state index is -0.512. The summed E-state index contributed by atoms with van der Waals surface area (Å²) in [5.41, 5.74) is 0.813. The highest BCUT2D eigenvalue weighted by molar-refractivity contribution is 5.77. The van der Waals surface area contributed by atoms with Crippen molar-refractivity contribution in [3.05, 3.63) is 40.2 Å². The lowest BCUT2D eigenvalue weighted by molar-refractivity contribution is -0.162. The third-order valence-corrected chi connectivity index (χ3v) is 11.5. The number of aromatic nitrogens is 2. The largest absolute Gasteiger partial charge is 0.393 e. The van der Waals surface area contributed by atoms with E-state index in [0.29, 0.717) is 52.3 Å². The first kappa shape index (κ1) is 23.6. The van der Waals surface area contributed by atoms with Crippen LogP contribution in [0.2, 0.25) is 0 Å². The lowest BCUT2D eigenvalue weighted by Crippen LogP contribution is -2.57. The summed E-state index contributed by atoms with van der Waals surface area (Å²) in [5, 5.41) is 11.4. The van der Waals surface area contributed by atoms with Gasteiger partial charge >= 0.3 is 0 Å². The molecule has 1 heterocycles. The molecule has 2 aromatic rings. The standard InChI is InChI=1S/C30H41FN2O2/c1-29-15-4-3-7-19(29)17-24(34)26-20-13-12-18(30(20,2)16-14-21(26)29)8-5-11-25-32-23-10-6-9-22(31)27(23)28(35)33-25/h6,9-10,18-21,24,26,34H,3-5,7-8,11-17H2,1-2H3,(H,32,33,35). The van der Waals surface area contributed by atoms with Crippen molar-refractivity contribution in [2.45, 2.75) is 97.0 Å². The molecule has 4 aliphatic rings. The van der Waals surface area contributed by atoms with E-state index >= 15 is 0 Å². The number of benzene rings is 1. The van der Waals surface area contributed by atoms with Crippen LogP contribution in [0.3, 0.4) is 0 Å². The molecule has 35 heavy (non-hydrogen) atoms. The molecule has 2 N–H and O–H groups in total. The van der Waals surface area contributed by atoms with Gasteiger partial charge in [0.2, 0.25) is 0 Å². The van der Waals surface area contributed by atoms with Gasteiger partial charge in [-0.15, -0.1) is 0 Å². The van der Waals surface area contributed by atoms with Crippen molar-refractivity contribution in [1.29, 1.82) is 0 Å².